The molecule has 1 aromatic heterocycles. The zero-order valence-electron chi connectivity index (χ0n) is 10.5. The molecule has 2 aromatic rings. The largest absolute Gasteiger partial charge is 0.497 e. The third-order valence-electron chi connectivity index (χ3n) is 2.62. The van der Waals surface area contributed by atoms with Gasteiger partial charge in [0.05, 0.1) is 7.11 Å². The van der Waals surface area contributed by atoms with Gasteiger partial charge in [0.15, 0.2) is 6.29 Å². The van der Waals surface area contributed by atoms with Crippen molar-refractivity contribution in [2.75, 3.05) is 12.4 Å². The van der Waals surface area contributed by atoms with E-state index >= 15 is 0 Å². The molecule has 0 saturated heterocycles. The highest BCUT2D eigenvalue weighted by molar-refractivity contribution is 6.07. The van der Waals surface area contributed by atoms with E-state index in [4.69, 9.17) is 4.74 Å². The number of hydrogen-bond acceptors (Lipinski definition) is 4. The van der Waals surface area contributed by atoms with Crippen LogP contribution >= 0.6 is 0 Å². The van der Waals surface area contributed by atoms with E-state index in [0.29, 0.717) is 5.57 Å². The second-order valence-electron chi connectivity index (χ2n) is 3.83. The Labute approximate surface area is 111 Å². The lowest BCUT2D eigenvalue weighted by Crippen LogP contribution is -1.93. The highest BCUT2D eigenvalue weighted by atomic mass is 16.5. The minimum atomic E-state index is 0.568. The molecule has 19 heavy (non-hydrogen) atoms. The number of ether oxygens (including phenoxy) is 1. The fourth-order valence-corrected chi connectivity index (χ4v) is 1.58. The fourth-order valence-electron chi connectivity index (χ4n) is 1.58. The smallest absolute Gasteiger partial charge is 0.152 e. The standard InChI is InChI=1S/C15H14N2O2/c1-19-15-4-2-14(3-5-15)17-10-13(11-18)12-6-8-16-9-7-12/h2-11,17H,1H3/b13-10-. The number of benzene rings is 1. The molecule has 0 atom stereocenters. The van der Waals surface area contributed by atoms with Crippen LogP contribution in [0, 0.1) is 0 Å². The lowest BCUT2D eigenvalue weighted by Gasteiger charge is -2.05. The van der Waals surface area contributed by atoms with Gasteiger partial charge in [-0.15, -0.1) is 0 Å². The first-order valence-electron chi connectivity index (χ1n) is 5.80. The molecule has 1 heterocycles. The van der Waals surface area contributed by atoms with Crippen LogP contribution < -0.4 is 10.1 Å². The molecule has 0 unspecified atom stereocenters. The van der Waals surface area contributed by atoms with Crippen molar-refractivity contribution in [3.63, 3.8) is 0 Å². The Morgan fingerprint density at radius 2 is 1.84 bits per heavy atom. The molecule has 4 nitrogen and oxygen atoms in total. The van der Waals surface area contributed by atoms with Crippen molar-refractivity contribution in [1.29, 1.82) is 0 Å². The van der Waals surface area contributed by atoms with Gasteiger partial charge in [0.25, 0.3) is 0 Å². The van der Waals surface area contributed by atoms with Gasteiger partial charge in [0.2, 0.25) is 0 Å². The molecule has 0 aliphatic carbocycles. The summed E-state index contributed by atoms with van der Waals surface area (Å²) in [7, 11) is 1.62. The van der Waals surface area contributed by atoms with Gasteiger partial charge in [-0.3, -0.25) is 9.78 Å². The van der Waals surface area contributed by atoms with Crippen molar-refractivity contribution >= 4 is 17.5 Å². The van der Waals surface area contributed by atoms with E-state index in [1.54, 1.807) is 37.8 Å². The van der Waals surface area contributed by atoms with Gasteiger partial charge < -0.3 is 10.1 Å². The molecule has 0 bridgehead atoms. The van der Waals surface area contributed by atoms with E-state index < -0.39 is 0 Å². The van der Waals surface area contributed by atoms with Crippen LogP contribution in [0.2, 0.25) is 0 Å². The molecular weight excluding hydrogens is 240 g/mol. The monoisotopic (exact) mass is 254 g/mol. The average molecular weight is 254 g/mol. The van der Waals surface area contributed by atoms with Crippen molar-refractivity contribution in [3.8, 4) is 5.75 Å². The summed E-state index contributed by atoms with van der Waals surface area (Å²) < 4.78 is 5.08. The van der Waals surface area contributed by atoms with Crippen LogP contribution in [-0.2, 0) is 4.79 Å². The summed E-state index contributed by atoms with van der Waals surface area (Å²) in [5.74, 6) is 0.791. The molecular formula is C15H14N2O2. The number of aldehydes is 1. The van der Waals surface area contributed by atoms with Gasteiger partial charge in [-0.1, -0.05) is 0 Å². The van der Waals surface area contributed by atoms with Gasteiger partial charge in [0.1, 0.15) is 5.75 Å². The second-order valence-corrected chi connectivity index (χ2v) is 3.83. The predicted molar refractivity (Wildman–Crippen MR) is 74.9 cm³/mol. The number of pyridine rings is 1. The third kappa shape index (κ3) is 3.42. The van der Waals surface area contributed by atoms with Gasteiger partial charge in [0, 0.05) is 29.9 Å². The molecule has 0 spiro atoms. The molecule has 0 aliphatic rings. The van der Waals surface area contributed by atoms with Crippen LogP contribution in [0.25, 0.3) is 5.57 Å². The number of methoxy groups -OCH3 is 1. The van der Waals surface area contributed by atoms with Crippen molar-refractivity contribution in [3.05, 3.63) is 60.6 Å². The summed E-state index contributed by atoms with van der Waals surface area (Å²) in [5, 5.41) is 3.08. The van der Waals surface area contributed by atoms with Crippen LogP contribution in [0.5, 0.6) is 5.75 Å². The summed E-state index contributed by atoms with van der Waals surface area (Å²) >= 11 is 0. The highest BCUT2D eigenvalue weighted by Gasteiger charge is 1.99. The normalized spacial score (nSPS) is 10.9. The zero-order chi connectivity index (χ0) is 13.5. The Balaban J connectivity index is 2.13. The van der Waals surface area contributed by atoms with Crippen LogP contribution in [0.3, 0.4) is 0 Å². The van der Waals surface area contributed by atoms with Gasteiger partial charge in [-0.05, 0) is 42.0 Å². The van der Waals surface area contributed by atoms with E-state index in [9.17, 15) is 4.79 Å². The summed E-state index contributed by atoms with van der Waals surface area (Å²) in [4.78, 5) is 15.0. The van der Waals surface area contributed by atoms with Crippen LogP contribution in [-0.4, -0.2) is 18.4 Å². The molecule has 0 aliphatic heterocycles. The second kappa shape index (κ2) is 6.35. The van der Waals surface area contributed by atoms with E-state index in [2.05, 4.69) is 10.3 Å². The number of nitrogens with zero attached hydrogens (tertiary/aromatic N) is 1. The van der Waals surface area contributed by atoms with Gasteiger partial charge in [-0.25, -0.2) is 0 Å². The Kier molecular flexibility index (Phi) is 4.29. The van der Waals surface area contributed by atoms with Gasteiger partial charge >= 0.3 is 0 Å². The predicted octanol–water partition coefficient (Wildman–Crippen LogP) is 2.74. The Bertz CT molecular complexity index is 562. The summed E-state index contributed by atoms with van der Waals surface area (Å²) in [6.07, 6.45) is 5.79. The first-order valence-corrected chi connectivity index (χ1v) is 5.80. The summed E-state index contributed by atoms with van der Waals surface area (Å²) in [6, 6.07) is 11.0. The van der Waals surface area contributed by atoms with Crippen LogP contribution in [0.1, 0.15) is 5.56 Å². The number of anilines is 1. The Morgan fingerprint density at radius 1 is 1.16 bits per heavy atom. The fraction of sp³-hybridized carbons (Fsp3) is 0.0667. The first-order chi connectivity index (χ1) is 9.33. The van der Waals surface area contributed by atoms with E-state index in [1.165, 1.54) is 0 Å². The van der Waals surface area contributed by atoms with E-state index in [-0.39, 0.29) is 0 Å². The topological polar surface area (TPSA) is 51.2 Å². The Hall–Kier alpha value is -2.62. The number of nitrogens with one attached hydrogen (secondary N) is 1. The molecule has 4 heteroatoms. The molecule has 0 saturated carbocycles. The number of carbonyl (C=O) groups excluding carboxylic acids is 1. The third-order valence-corrected chi connectivity index (χ3v) is 2.62. The quantitative estimate of drug-likeness (QED) is 0.658. The van der Waals surface area contributed by atoms with Crippen molar-refractivity contribution < 1.29 is 9.53 Å². The molecule has 2 rings (SSSR count). The number of aromatic nitrogens is 1. The highest BCUT2D eigenvalue weighted by Crippen LogP contribution is 2.16. The number of carbonyl (C=O) groups is 1. The molecule has 1 aromatic carbocycles. The average Bonchev–Trinajstić information content (AvgIpc) is 2.49. The molecule has 1 N–H and O–H groups in total. The van der Waals surface area contributed by atoms with Gasteiger partial charge in [-0.2, -0.15) is 0 Å². The number of rotatable bonds is 5. The molecule has 96 valence electrons. The molecule has 0 radical (unpaired) electrons. The minimum Gasteiger partial charge on any atom is -0.497 e. The maximum Gasteiger partial charge on any atom is 0.152 e. The molecule has 0 amide bonds. The van der Waals surface area contributed by atoms with Crippen molar-refractivity contribution in [2.45, 2.75) is 0 Å². The first kappa shape index (κ1) is 12.8. The SMILES string of the molecule is COc1ccc(N/C=C(/C=O)c2ccncc2)cc1. The Morgan fingerprint density at radius 3 is 2.42 bits per heavy atom. The maximum absolute atomic E-state index is 11.1. The summed E-state index contributed by atoms with van der Waals surface area (Å²) in [5.41, 5.74) is 2.28. The van der Waals surface area contributed by atoms with E-state index in [1.807, 2.05) is 24.3 Å². The maximum atomic E-state index is 11.1. The summed E-state index contributed by atoms with van der Waals surface area (Å²) in [6.45, 7) is 0. The lowest BCUT2D eigenvalue weighted by molar-refractivity contribution is -0.103. The number of allylic oxidation sites excluding steroid dienone is 1. The molecule has 0 fully saturated rings. The van der Waals surface area contributed by atoms with Crippen LogP contribution in [0.15, 0.2) is 55.0 Å². The zero-order valence-corrected chi connectivity index (χ0v) is 10.5. The van der Waals surface area contributed by atoms with E-state index in [0.717, 1.165) is 23.3 Å². The lowest BCUT2D eigenvalue weighted by atomic mass is 10.1. The van der Waals surface area contributed by atoms with Crippen molar-refractivity contribution in [1.82, 2.24) is 4.98 Å². The van der Waals surface area contributed by atoms with Crippen LogP contribution in [0.4, 0.5) is 5.69 Å². The minimum absolute atomic E-state index is 0.568. The van der Waals surface area contributed by atoms with Crippen molar-refractivity contribution in [2.24, 2.45) is 0 Å². The number of hydrogen-bond donors (Lipinski definition) is 1.